The molecule has 0 aliphatic carbocycles. The smallest absolute Gasteiger partial charge is 0.375 e. The van der Waals surface area contributed by atoms with E-state index in [0.29, 0.717) is 22.9 Å². The number of carbonyl (C=O) groups is 2. The fourth-order valence-corrected chi connectivity index (χ4v) is 2.07. The van der Waals surface area contributed by atoms with Crippen molar-refractivity contribution < 1.29 is 18.7 Å². The molecule has 6 heteroatoms. The maximum Gasteiger partial charge on any atom is 0.375 e. The van der Waals surface area contributed by atoms with E-state index < -0.39 is 18.0 Å². The number of ether oxygens (including phenoxy) is 1. The lowest BCUT2D eigenvalue weighted by Crippen LogP contribution is -2.35. The zero-order valence-corrected chi connectivity index (χ0v) is 13.3. The van der Waals surface area contributed by atoms with Crippen LogP contribution in [0.2, 0.25) is 5.02 Å². The molecule has 0 spiro atoms. The van der Waals surface area contributed by atoms with Gasteiger partial charge in [-0.05, 0) is 31.2 Å². The summed E-state index contributed by atoms with van der Waals surface area (Å²) in [6.07, 6.45) is 0.603. The Hall–Kier alpha value is -2.53. The molecule has 1 aromatic carbocycles. The van der Waals surface area contributed by atoms with Gasteiger partial charge in [0.25, 0.3) is 5.91 Å². The molecule has 0 bridgehead atoms. The molecule has 0 fully saturated rings. The standard InChI is InChI=1S/C17H16ClNO4/c1-3-10-19-16(20)11(2)22-17(21)15-9-8-14(23-15)12-6-4-5-7-13(12)18/h3-9,11H,1,10H2,2H3,(H,19,20). The molecule has 1 N–H and O–H groups in total. The maximum atomic E-state index is 12.0. The van der Waals surface area contributed by atoms with Gasteiger partial charge >= 0.3 is 5.97 Å². The first kappa shape index (κ1) is 16.8. The molecular formula is C17H16ClNO4. The molecule has 1 amide bonds. The molecule has 1 aromatic heterocycles. The third kappa shape index (κ3) is 4.23. The molecule has 2 rings (SSSR count). The summed E-state index contributed by atoms with van der Waals surface area (Å²) in [5, 5.41) is 3.06. The van der Waals surface area contributed by atoms with E-state index in [4.69, 9.17) is 20.8 Å². The van der Waals surface area contributed by atoms with Crippen molar-refractivity contribution in [2.24, 2.45) is 0 Å². The third-order valence-corrected chi connectivity index (χ3v) is 3.35. The van der Waals surface area contributed by atoms with Crippen LogP contribution in [-0.4, -0.2) is 24.5 Å². The van der Waals surface area contributed by atoms with Crippen molar-refractivity contribution in [1.29, 1.82) is 0 Å². The molecule has 23 heavy (non-hydrogen) atoms. The first-order chi connectivity index (χ1) is 11.0. The van der Waals surface area contributed by atoms with Gasteiger partial charge < -0.3 is 14.5 Å². The van der Waals surface area contributed by atoms with Crippen LogP contribution in [0.25, 0.3) is 11.3 Å². The van der Waals surface area contributed by atoms with Crippen molar-refractivity contribution in [3.05, 3.63) is 59.8 Å². The van der Waals surface area contributed by atoms with Gasteiger partial charge in [0.2, 0.25) is 5.76 Å². The zero-order chi connectivity index (χ0) is 16.8. The minimum absolute atomic E-state index is 0.00305. The summed E-state index contributed by atoms with van der Waals surface area (Å²) in [7, 11) is 0. The Bertz CT molecular complexity index is 723. The first-order valence-corrected chi connectivity index (χ1v) is 7.35. The minimum atomic E-state index is -0.934. The maximum absolute atomic E-state index is 12.0. The Balaban J connectivity index is 2.05. The average Bonchev–Trinajstić information content (AvgIpc) is 3.02. The number of furan rings is 1. The molecule has 0 aliphatic rings. The Kier molecular flexibility index (Phi) is 5.60. The van der Waals surface area contributed by atoms with Crippen molar-refractivity contribution in [3.63, 3.8) is 0 Å². The largest absolute Gasteiger partial charge is 0.449 e. The second-order valence-corrected chi connectivity index (χ2v) is 5.13. The van der Waals surface area contributed by atoms with Crippen molar-refractivity contribution in [3.8, 4) is 11.3 Å². The minimum Gasteiger partial charge on any atom is -0.449 e. The zero-order valence-electron chi connectivity index (χ0n) is 12.5. The van der Waals surface area contributed by atoms with E-state index in [-0.39, 0.29) is 5.76 Å². The van der Waals surface area contributed by atoms with E-state index in [1.54, 1.807) is 24.3 Å². The number of nitrogens with one attached hydrogen (secondary N) is 1. The van der Waals surface area contributed by atoms with Crippen LogP contribution in [0.4, 0.5) is 0 Å². The molecule has 1 atom stereocenters. The van der Waals surface area contributed by atoms with Crippen LogP contribution < -0.4 is 5.32 Å². The fourth-order valence-electron chi connectivity index (χ4n) is 1.84. The van der Waals surface area contributed by atoms with Gasteiger partial charge in [-0.25, -0.2) is 4.79 Å². The van der Waals surface area contributed by atoms with Crippen molar-refractivity contribution in [2.45, 2.75) is 13.0 Å². The summed E-state index contributed by atoms with van der Waals surface area (Å²) in [6.45, 7) is 5.27. The summed E-state index contributed by atoms with van der Waals surface area (Å²) in [5.41, 5.74) is 0.671. The summed E-state index contributed by atoms with van der Waals surface area (Å²) < 4.78 is 10.5. The molecule has 1 unspecified atom stereocenters. The van der Waals surface area contributed by atoms with E-state index in [9.17, 15) is 9.59 Å². The predicted octanol–water partition coefficient (Wildman–Crippen LogP) is 3.45. The van der Waals surface area contributed by atoms with E-state index in [0.717, 1.165) is 0 Å². The number of carbonyl (C=O) groups excluding carboxylic acids is 2. The summed E-state index contributed by atoms with van der Waals surface area (Å²) in [6, 6.07) is 10.2. The predicted molar refractivity (Wildman–Crippen MR) is 87.2 cm³/mol. The lowest BCUT2D eigenvalue weighted by molar-refractivity contribution is -0.128. The number of halogens is 1. The highest BCUT2D eigenvalue weighted by molar-refractivity contribution is 6.33. The highest BCUT2D eigenvalue weighted by Gasteiger charge is 2.21. The number of benzene rings is 1. The van der Waals surface area contributed by atoms with Crippen molar-refractivity contribution in [2.75, 3.05) is 6.54 Å². The van der Waals surface area contributed by atoms with Gasteiger partial charge in [-0.3, -0.25) is 4.79 Å². The molecule has 120 valence electrons. The van der Waals surface area contributed by atoms with Gasteiger partial charge in [0.1, 0.15) is 5.76 Å². The van der Waals surface area contributed by atoms with Crippen LogP contribution >= 0.6 is 11.6 Å². The Morgan fingerprint density at radius 1 is 1.35 bits per heavy atom. The lowest BCUT2D eigenvalue weighted by atomic mass is 10.2. The fraction of sp³-hybridized carbons (Fsp3) is 0.176. The van der Waals surface area contributed by atoms with Crippen molar-refractivity contribution >= 4 is 23.5 Å². The monoisotopic (exact) mass is 333 g/mol. The summed E-state index contributed by atoms with van der Waals surface area (Å²) >= 11 is 6.08. The van der Waals surface area contributed by atoms with Gasteiger partial charge in [-0.2, -0.15) is 0 Å². The summed E-state index contributed by atoms with van der Waals surface area (Å²) in [5.74, 6) is -0.671. The molecule has 0 saturated carbocycles. The second-order valence-electron chi connectivity index (χ2n) is 4.73. The molecule has 2 aromatic rings. The first-order valence-electron chi connectivity index (χ1n) is 6.97. The summed E-state index contributed by atoms with van der Waals surface area (Å²) in [4.78, 5) is 23.7. The third-order valence-electron chi connectivity index (χ3n) is 3.02. The van der Waals surface area contributed by atoms with Gasteiger partial charge in [-0.1, -0.05) is 29.8 Å². The van der Waals surface area contributed by atoms with Crippen LogP contribution in [0, 0.1) is 0 Å². The molecule has 0 aliphatic heterocycles. The van der Waals surface area contributed by atoms with Crippen LogP contribution in [0.3, 0.4) is 0 Å². The van der Waals surface area contributed by atoms with E-state index in [1.165, 1.54) is 19.1 Å². The Labute approximate surface area is 138 Å². The van der Waals surface area contributed by atoms with Crippen molar-refractivity contribution in [1.82, 2.24) is 5.32 Å². The Morgan fingerprint density at radius 2 is 2.09 bits per heavy atom. The van der Waals surface area contributed by atoms with E-state index in [2.05, 4.69) is 11.9 Å². The van der Waals surface area contributed by atoms with Gasteiger partial charge in [0.05, 0.1) is 5.02 Å². The normalized spacial score (nSPS) is 11.6. The molecule has 5 nitrogen and oxygen atoms in total. The van der Waals surface area contributed by atoms with Crippen LogP contribution in [-0.2, 0) is 9.53 Å². The Morgan fingerprint density at radius 3 is 2.78 bits per heavy atom. The second kappa shape index (κ2) is 7.65. The van der Waals surface area contributed by atoms with Gasteiger partial charge in [-0.15, -0.1) is 6.58 Å². The molecule has 0 radical (unpaired) electrons. The van der Waals surface area contributed by atoms with E-state index >= 15 is 0 Å². The molecular weight excluding hydrogens is 318 g/mol. The van der Waals surface area contributed by atoms with Gasteiger partial charge in [0, 0.05) is 12.1 Å². The number of amides is 1. The van der Waals surface area contributed by atoms with Crippen LogP contribution in [0.1, 0.15) is 17.5 Å². The topological polar surface area (TPSA) is 68.5 Å². The number of rotatable bonds is 6. The highest BCUT2D eigenvalue weighted by Crippen LogP contribution is 2.29. The highest BCUT2D eigenvalue weighted by atomic mass is 35.5. The van der Waals surface area contributed by atoms with Gasteiger partial charge in [0.15, 0.2) is 6.10 Å². The lowest BCUT2D eigenvalue weighted by Gasteiger charge is -2.11. The number of esters is 1. The number of hydrogen-bond donors (Lipinski definition) is 1. The SMILES string of the molecule is C=CCNC(=O)C(C)OC(=O)c1ccc(-c2ccccc2Cl)o1. The average molecular weight is 334 g/mol. The number of hydrogen-bond acceptors (Lipinski definition) is 4. The molecule has 0 saturated heterocycles. The van der Waals surface area contributed by atoms with Crippen LogP contribution in [0.15, 0.2) is 53.5 Å². The van der Waals surface area contributed by atoms with Crippen LogP contribution in [0.5, 0.6) is 0 Å². The molecule has 1 heterocycles. The quantitative estimate of drug-likeness (QED) is 0.649. The van der Waals surface area contributed by atoms with E-state index in [1.807, 2.05) is 6.07 Å².